The van der Waals surface area contributed by atoms with E-state index in [1.165, 1.54) is 6.07 Å². The minimum absolute atomic E-state index is 0.0118. The van der Waals surface area contributed by atoms with Gasteiger partial charge in [-0.15, -0.1) is 0 Å². The van der Waals surface area contributed by atoms with E-state index in [0.717, 1.165) is 12.8 Å². The largest absolute Gasteiger partial charge is 0.396 e. The fraction of sp³-hybridized carbons (Fsp3) is 0.400. The summed E-state index contributed by atoms with van der Waals surface area (Å²) in [6.45, 7) is 0. The third-order valence-electron chi connectivity index (χ3n) is 2.37. The van der Waals surface area contributed by atoms with E-state index < -0.39 is 5.82 Å². The molecule has 2 N–H and O–H groups in total. The van der Waals surface area contributed by atoms with Gasteiger partial charge in [-0.05, 0) is 31.2 Å². The van der Waals surface area contributed by atoms with Crippen molar-refractivity contribution < 1.29 is 9.18 Å². The number of aldehydes is 1. The maximum absolute atomic E-state index is 13.4. The second-order valence-corrected chi connectivity index (χ2v) is 3.66. The highest BCUT2D eigenvalue weighted by Gasteiger charge is 2.24. The highest BCUT2D eigenvalue weighted by molar-refractivity contribution is 5.73. The molecular weight excluding hydrogens is 183 g/mol. The topological polar surface area (TPSA) is 56.0 Å². The van der Waals surface area contributed by atoms with Crippen LogP contribution < -0.4 is 5.73 Å². The number of nitrogens with zero attached hydrogens (tertiary/aromatic N) is 1. The van der Waals surface area contributed by atoms with E-state index in [9.17, 15) is 9.18 Å². The van der Waals surface area contributed by atoms with Gasteiger partial charge in [0.2, 0.25) is 0 Å². The van der Waals surface area contributed by atoms with Crippen LogP contribution in [0.5, 0.6) is 0 Å². The molecule has 1 aromatic heterocycles. The van der Waals surface area contributed by atoms with Gasteiger partial charge in [-0.25, -0.2) is 9.37 Å². The molecule has 0 radical (unpaired) electrons. The first-order valence-corrected chi connectivity index (χ1v) is 4.60. The minimum Gasteiger partial charge on any atom is -0.396 e. The van der Waals surface area contributed by atoms with Crippen molar-refractivity contribution in [3.8, 4) is 0 Å². The molecule has 0 aromatic carbocycles. The molecule has 0 spiro atoms. The van der Waals surface area contributed by atoms with Crippen molar-refractivity contribution in [3.05, 3.63) is 23.3 Å². The van der Waals surface area contributed by atoms with Gasteiger partial charge < -0.3 is 5.73 Å². The first-order valence-electron chi connectivity index (χ1n) is 4.60. The van der Waals surface area contributed by atoms with Gasteiger partial charge in [0.05, 0.1) is 11.4 Å². The van der Waals surface area contributed by atoms with Crippen molar-refractivity contribution in [2.75, 3.05) is 5.73 Å². The molecule has 4 heteroatoms. The van der Waals surface area contributed by atoms with Crippen LogP contribution in [0.25, 0.3) is 0 Å². The van der Waals surface area contributed by atoms with Gasteiger partial charge in [-0.3, -0.25) is 4.79 Å². The molecule has 14 heavy (non-hydrogen) atoms. The summed E-state index contributed by atoms with van der Waals surface area (Å²) in [5, 5.41) is 0. The van der Waals surface area contributed by atoms with Crippen LogP contribution in [0.2, 0.25) is 0 Å². The molecule has 2 rings (SSSR count). The summed E-state index contributed by atoms with van der Waals surface area (Å²) in [5.41, 5.74) is 5.97. The lowest BCUT2D eigenvalue weighted by Gasteiger charge is -2.04. The third kappa shape index (κ3) is 1.73. The van der Waals surface area contributed by atoms with Crippen LogP contribution in [-0.2, 0) is 6.42 Å². The average molecular weight is 194 g/mol. The lowest BCUT2D eigenvalue weighted by molar-refractivity contribution is 0.111. The number of nitrogen functional groups attached to an aromatic ring is 1. The summed E-state index contributed by atoms with van der Waals surface area (Å²) < 4.78 is 13.4. The summed E-state index contributed by atoms with van der Waals surface area (Å²) in [6.07, 6.45) is 3.42. The normalized spacial score (nSPS) is 15.5. The Labute approximate surface area is 81.1 Å². The number of aromatic nitrogens is 1. The summed E-state index contributed by atoms with van der Waals surface area (Å²) >= 11 is 0. The number of hydrogen-bond acceptors (Lipinski definition) is 3. The van der Waals surface area contributed by atoms with E-state index in [0.29, 0.717) is 24.3 Å². The van der Waals surface area contributed by atoms with Crippen molar-refractivity contribution in [1.82, 2.24) is 4.98 Å². The summed E-state index contributed by atoms with van der Waals surface area (Å²) in [7, 11) is 0. The van der Waals surface area contributed by atoms with Gasteiger partial charge in [-0.1, -0.05) is 0 Å². The second kappa shape index (κ2) is 3.36. The van der Waals surface area contributed by atoms with Gasteiger partial charge in [0.15, 0.2) is 12.1 Å². The Morgan fingerprint density at radius 1 is 1.64 bits per heavy atom. The number of anilines is 1. The van der Waals surface area contributed by atoms with Crippen LogP contribution in [0.15, 0.2) is 6.07 Å². The van der Waals surface area contributed by atoms with Crippen molar-refractivity contribution in [1.29, 1.82) is 0 Å². The van der Waals surface area contributed by atoms with Gasteiger partial charge in [0, 0.05) is 0 Å². The van der Waals surface area contributed by atoms with Crippen molar-refractivity contribution in [2.24, 2.45) is 5.92 Å². The fourth-order valence-corrected chi connectivity index (χ4v) is 1.42. The van der Waals surface area contributed by atoms with E-state index in [-0.39, 0.29) is 11.4 Å². The third-order valence-corrected chi connectivity index (χ3v) is 2.37. The predicted molar refractivity (Wildman–Crippen MR) is 50.4 cm³/mol. The van der Waals surface area contributed by atoms with Crippen LogP contribution in [0, 0.1) is 11.7 Å². The molecular formula is C10H11FN2O. The van der Waals surface area contributed by atoms with E-state index in [2.05, 4.69) is 4.98 Å². The first-order chi connectivity index (χ1) is 6.70. The fourth-order valence-electron chi connectivity index (χ4n) is 1.42. The lowest BCUT2D eigenvalue weighted by Crippen LogP contribution is -2.04. The van der Waals surface area contributed by atoms with Crippen LogP contribution in [-0.4, -0.2) is 11.3 Å². The minimum atomic E-state index is -0.470. The van der Waals surface area contributed by atoms with Crippen LogP contribution >= 0.6 is 0 Å². The number of carbonyl (C=O) groups is 1. The monoisotopic (exact) mass is 194 g/mol. The Bertz CT molecular complexity index is 375. The van der Waals surface area contributed by atoms with Crippen molar-refractivity contribution in [2.45, 2.75) is 19.3 Å². The van der Waals surface area contributed by atoms with Crippen LogP contribution in [0.1, 0.15) is 29.0 Å². The maximum Gasteiger partial charge on any atom is 0.168 e. The van der Waals surface area contributed by atoms with E-state index in [1.807, 2.05) is 0 Å². The van der Waals surface area contributed by atoms with Gasteiger partial charge in [0.25, 0.3) is 0 Å². The molecule has 1 aliphatic rings. The average Bonchev–Trinajstić information content (AvgIpc) is 2.96. The number of carbonyl (C=O) groups excluding carboxylic acids is 1. The smallest absolute Gasteiger partial charge is 0.168 e. The maximum atomic E-state index is 13.4. The molecule has 1 aromatic rings. The molecule has 74 valence electrons. The Balaban J connectivity index is 2.34. The number of nitrogens with two attached hydrogens (primary N) is 1. The van der Waals surface area contributed by atoms with Crippen molar-refractivity contribution >= 4 is 12.0 Å². The van der Waals surface area contributed by atoms with Crippen molar-refractivity contribution in [3.63, 3.8) is 0 Å². The molecule has 0 saturated heterocycles. The lowest BCUT2D eigenvalue weighted by atomic mass is 10.1. The zero-order valence-electron chi connectivity index (χ0n) is 7.66. The highest BCUT2D eigenvalue weighted by Crippen LogP contribution is 2.33. The molecule has 1 fully saturated rings. The molecule has 0 aliphatic heterocycles. The van der Waals surface area contributed by atoms with Gasteiger partial charge in [-0.2, -0.15) is 0 Å². The Hall–Kier alpha value is -1.45. The van der Waals surface area contributed by atoms with Crippen LogP contribution in [0.4, 0.5) is 10.1 Å². The quantitative estimate of drug-likeness (QED) is 0.743. The molecule has 0 amide bonds. The molecule has 0 bridgehead atoms. The van der Waals surface area contributed by atoms with Crippen LogP contribution in [0.3, 0.4) is 0 Å². The van der Waals surface area contributed by atoms with E-state index in [1.54, 1.807) is 0 Å². The summed E-state index contributed by atoms with van der Waals surface area (Å²) in [4.78, 5) is 14.4. The predicted octanol–water partition coefficient (Wildman–Crippen LogP) is 1.57. The molecule has 1 heterocycles. The number of hydrogen-bond donors (Lipinski definition) is 1. The zero-order valence-corrected chi connectivity index (χ0v) is 7.66. The second-order valence-electron chi connectivity index (χ2n) is 3.66. The molecule has 0 unspecified atom stereocenters. The number of rotatable bonds is 3. The highest BCUT2D eigenvalue weighted by atomic mass is 19.1. The molecule has 1 aliphatic carbocycles. The van der Waals surface area contributed by atoms with E-state index >= 15 is 0 Å². The Morgan fingerprint density at radius 2 is 2.36 bits per heavy atom. The first kappa shape index (κ1) is 9.12. The SMILES string of the molecule is Nc1cc(C=O)nc(CC2CC2)c1F. The van der Waals surface area contributed by atoms with Gasteiger partial charge >= 0.3 is 0 Å². The standard InChI is InChI=1S/C10H11FN2O/c11-10-8(12)4-7(5-14)13-9(10)3-6-1-2-6/h4-6H,1-3H2,(H2,12,13). The van der Waals surface area contributed by atoms with E-state index in [4.69, 9.17) is 5.73 Å². The molecule has 0 atom stereocenters. The number of halogens is 1. The summed E-state index contributed by atoms with van der Waals surface area (Å²) in [6, 6.07) is 1.26. The molecule has 3 nitrogen and oxygen atoms in total. The number of pyridine rings is 1. The van der Waals surface area contributed by atoms with Gasteiger partial charge in [0.1, 0.15) is 5.69 Å². The molecule has 1 saturated carbocycles. The zero-order chi connectivity index (χ0) is 10.1. The Morgan fingerprint density at radius 3 is 2.93 bits per heavy atom. The summed E-state index contributed by atoms with van der Waals surface area (Å²) in [5.74, 6) is 0.0563. The Kier molecular flexibility index (Phi) is 2.19.